The topological polar surface area (TPSA) is 128 Å². The van der Waals surface area contributed by atoms with E-state index >= 15 is 0 Å². The van der Waals surface area contributed by atoms with Crippen molar-refractivity contribution < 1.29 is 28.8 Å². The average Bonchev–Trinajstić information content (AvgIpc) is 3.83. The van der Waals surface area contributed by atoms with Crippen molar-refractivity contribution in [3.05, 3.63) is 59.3 Å². The predicted molar refractivity (Wildman–Crippen MR) is 198 cm³/mol. The lowest BCUT2D eigenvalue weighted by Crippen LogP contribution is -2.69. The minimum absolute atomic E-state index is 0.0566. The minimum atomic E-state index is -0.535. The molecule has 7 rings (SSSR count). The van der Waals surface area contributed by atoms with Crippen LogP contribution in [0.3, 0.4) is 0 Å². The second-order valence-electron chi connectivity index (χ2n) is 15.8. The van der Waals surface area contributed by atoms with Gasteiger partial charge in [0.2, 0.25) is 0 Å². The van der Waals surface area contributed by atoms with Crippen LogP contribution in [0.4, 0.5) is 5.69 Å². The van der Waals surface area contributed by atoms with Gasteiger partial charge in [-0.15, -0.1) is 11.8 Å². The van der Waals surface area contributed by atoms with E-state index in [1.54, 1.807) is 32.1 Å². The van der Waals surface area contributed by atoms with E-state index in [0.717, 1.165) is 54.0 Å². The molecule has 0 radical (unpaired) electrons. The zero-order chi connectivity index (χ0) is 35.8. The van der Waals surface area contributed by atoms with E-state index in [4.69, 9.17) is 29.7 Å². The standard InChI is InChI=1S/C40H55N3O6S/c1-23(2)29-21-28(50-15-9-14-44)12-13-31(29)42-32(35-33(46-6)10-8-11-34(35)47-7)22-30(41)37(45)43-40(36-38(48-36)49-39(3,4)5)26-17-24-16-25(19-26)20-27(40)18-24/h8,10-13,21-27,36,38,44H,9,14-20,41H2,1-7H3,(H,43,45). The second-order valence-corrected chi connectivity index (χ2v) is 17.0. The van der Waals surface area contributed by atoms with Crippen LogP contribution in [-0.4, -0.2) is 66.8 Å². The Labute approximate surface area is 301 Å². The number of allylic oxidation sites excluding steroid dienone is 1. The van der Waals surface area contributed by atoms with Gasteiger partial charge in [-0.05, 0) is 131 Å². The monoisotopic (exact) mass is 705 g/mol. The van der Waals surface area contributed by atoms with Crippen LogP contribution in [-0.2, 0) is 14.3 Å². The molecule has 5 fully saturated rings. The molecule has 2 atom stereocenters. The van der Waals surface area contributed by atoms with Gasteiger partial charge in [0.15, 0.2) is 6.29 Å². The lowest BCUT2D eigenvalue weighted by Gasteiger charge is -2.61. The molecule has 0 aromatic heterocycles. The molecule has 9 nitrogen and oxygen atoms in total. The maximum Gasteiger partial charge on any atom is 0.267 e. The number of methoxy groups -OCH3 is 2. The minimum Gasteiger partial charge on any atom is -0.496 e. The van der Waals surface area contributed by atoms with Gasteiger partial charge in [-0.1, -0.05) is 19.9 Å². The van der Waals surface area contributed by atoms with Gasteiger partial charge in [0, 0.05) is 17.3 Å². The molecule has 4 N–H and O–H groups in total. The first-order chi connectivity index (χ1) is 23.9. The number of ether oxygens (including phenoxy) is 4. The summed E-state index contributed by atoms with van der Waals surface area (Å²) in [6, 6.07) is 11.8. The number of epoxide rings is 1. The summed E-state index contributed by atoms with van der Waals surface area (Å²) < 4.78 is 24.2. The summed E-state index contributed by atoms with van der Waals surface area (Å²) in [6.07, 6.45) is 7.50. The Bertz CT molecular complexity index is 1560. The molecule has 4 saturated carbocycles. The third-order valence-corrected chi connectivity index (χ3v) is 12.0. The van der Waals surface area contributed by atoms with Gasteiger partial charge >= 0.3 is 0 Å². The fourth-order valence-corrected chi connectivity index (χ4v) is 9.78. The molecule has 0 spiro atoms. The highest BCUT2D eigenvalue weighted by Crippen LogP contribution is 2.62. The summed E-state index contributed by atoms with van der Waals surface area (Å²) in [5, 5.41) is 12.8. The summed E-state index contributed by atoms with van der Waals surface area (Å²) in [5.74, 6) is 3.85. The van der Waals surface area contributed by atoms with E-state index in [0.29, 0.717) is 46.4 Å². The highest BCUT2D eigenvalue weighted by atomic mass is 32.2. The lowest BCUT2D eigenvalue weighted by atomic mass is 9.47. The number of nitrogens with one attached hydrogen (secondary N) is 1. The molecule has 10 heteroatoms. The molecule has 272 valence electrons. The SMILES string of the molecule is COc1cccc(OC)c1C(C=C(N)C(=O)NC1(C2OC2OC(C)(C)C)C2CC3CC(C2)CC1C3)=Nc1ccc(SCCCO)cc1C(C)C. The Morgan fingerprint density at radius 2 is 1.72 bits per heavy atom. The summed E-state index contributed by atoms with van der Waals surface area (Å²) >= 11 is 1.71. The van der Waals surface area contributed by atoms with E-state index < -0.39 is 5.54 Å². The molecule has 4 bridgehead atoms. The Hall–Kier alpha value is -3.05. The molecule has 5 aliphatic rings. The lowest BCUT2D eigenvalue weighted by molar-refractivity contribution is -0.131. The van der Waals surface area contributed by atoms with Crippen molar-refractivity contribution in [3.8, 4) is 11.5 Å². The number of nitrogens with two attached hydrogens (primary N) is 1. The van der Waals surface area contributed by atoms with E-state index in [2.05, 4.69) is 25.2 Å². The van der Waals surface area contributed by atoms with Crippen LogP contribution in [0.1, 0.15) is 90.2 Å². The van der Waals surface area contributed by atoms with Gasteiger partial charge in [0.05, 0.1) is 48.0 Å². The molecule has 1 amide bonds. The fourth-order valence-electron chi connectivity index (χ4n) is 8.90. The highest BCUT2D eigenvalue weighted by molar-refractivity contribution is 7.99. The predicted octanol–water partition coefficient (Wildman–Crippen LogP) is 7.12. The van der Waals surface area contributed by atoms with Crippen molar-refractivity contribution in [3.63, 3.8) is 0 Å². The van der Waals surface area contributed by atoms with E-state index in [1.807, 2.05) is 51.1 Å². The average molecular weight is 706 g/mol. The van der Waals surface area contributed by atoms with Crippen molar-refractivity contribution in [2.45, 2.75) is 107 Å². The van der Waals surface area contributed by atoms with Crippen molar-refractivity contribution in [2.75, 3.05) is 26.6 Å². The summed E-state index contributed by atoms with van der Waals surface area (Å²) in [5.41, 5.74) is 8.85. The Kier molecular flexibility index (Phi) is 10.9. The van der Waals surface area contributed by atoms with Gasteiger partial charge in [-0.2, -0.15) is 0 Å². The zero-order valence-electron chi connectivity index (χ0n) is 30.7. The van der Waals surface area contributed by atoms with Crippen molar-refractivity contribution in [1.82, 2.24) is 5.32 Å². The van der Waals surface area contributed by atoms with Crippen LogP contribution >= 0.6 is 11.8 Å². The maximum absolute atomic E-state index is 14.4. The summed E-state index contributed by atoms with van der Waals surface area (Å²) in [7, 11) is 3.21. The van der Waals surface area contributed by atoms with E-state index in [9.17, 15) is 9.90 Å². The molecule has 4 aliphatic carbocycles. The first kappa shape index (κ1) is 36.7. The van der Waals surface area contributed by atoms with E-state index in [-0.39, 0.29) is 42.1 Å². The molecule has 2 unspecified atom stereocenters. The Morgan fingerprint density at radius 1 is 1.08 bits per heavy atom. The number of carbonyl (C=O) groups excluding carboxylic acids is 1. The molecule has 50 heavy (non-hydrogen) atoms. The first-order valence-corrected chi connectivity index (χ1v) is 19.2. The molecule has 1 heterocycles. The summed E-state index contributed by atoms with van der Waals surface area (Å²) in [6.45, 7) is 10.6. The largest absolute Gasteiger partial charge is 0.496 e. The molecule has 2 aromatic rings. The Morgan fingerprint density at radius 3 is 2.28 bits per heavy atom. The Balaban J connectivity index is 1.39. The number of benzene rings is 2. The van der Waals surface area contributed by atoms with Crippen LogP contribution in [0.2, 0.25) is 0 Å². The van der Waals surface area contributed by atoms with Crippen LogP contribution in [0, 0.1) is 23.7 Å². The van der Waals surface area contributed by atoms with Crippen molar-refractivity contribution in [2.24, 2.45) is 34.4 Å². The number of thioether (sulfide) groups is 1. The van der Waals surface area contributed by atoms with Crippen LogP contribution in [0.15, 0.2) is 58.1 Å². The number of aliphatic imine (C=N–C) groups is 1. The van der Waals surface area contributed by atoms with Crippen LogP contribution in [0.5, 0.6) is 11.5 Å². The number of aliphatic hydroxyl groups excluding tert-OH is 1. The van der Waals surface area contributed by atoms with Gasteiger partial charge < -0.3 is 35.1 Å². The number of carbonyl (C=O) groups is 1. The molecular formula is C40H55N3O6S. The van der Waals surface area contributed by atoms with Crippen molar-refractivity contribution >= 4 is 29.1 Å². The molecule has 1 aliphatic heterocycles. The smallest absolute Gasteiger partial charge is 0.267 e. The number of nitrogens with zero attached hydrogens (tertiary/aromatic N) is 1. The third-order valence-electron chi connectivity index (χ3n) is 10.9. The number of hydrogen-bond acceptors (Lipinski definition) is 9. The van der Waals surface area contributed by atoms with E-state index in [1.165, 1.54) is 6.42 Å². The number of hydrogen-bond donors (Lipinski definition) is 3. The first-order valence-electron chi connectivity index (χ1n) is 18.2. The van der Waals surface area contributed by atoms with Crippen molar-refractivity contribution in [1.29, 1.82) is 0 Å². The quantitative estimate of drug-likeness (QED) is 0.0624. The normalized spacial score (nSPS) is 29.0. The third kappa shape index (κ3) is 7.59. The van der Waals surface area contributed by atoms with Gasteiger partial charge in [0.1, 0.15) is 17.6 Å². The summed E-state index contributed by atoms with van der Waals surface area (Å²) in [4.78, 5) is 20.7. The van der Waals surface area contributed by atoms with Gasteiger partial charge in [0.25, 0.3) is 5.91 Å². The molecular weight excluding hydrogens is 651 g/mol. The zero-order valence-corrected chi connectivity index (χ0v) is 31.5. The highest BCUT2D eigenvalue weighted by Gasteiger charge is 2.68. The molecule has 1 saturated heterocycles. The van der Waals surface area contributed by atoms with Crippen LogP contribution in [0.25, 0.3) is 0 Å². The number of amides is 1. The fraction of sp³-hybridized carbons (Fsp3) is 0.600. The second kappa shape index (κ2) is 14.9. The number of aliphatic hydroxyl groups is 1. The number of rotatable bonds is 14. The molecule has 2 aromatic carbocycles. The maximum atomic E-state index is 14.4. The van der Waals surface area contributed by atoms with Gasteiger partial charge in [-0.25, -0.2) is 4.99 Å². The van der Waals surface area contributed by atoms with Crippen LogP contribution < -0.4 is 20.5 Å². The van der Waals surface area contributed by atoms with Gasteiger partial charge in [-0.3, -0.25) is 4.79 Å².